The van der Waals surface area contributed by atoms with Crippen LogP contribution in [0, 0.1) is 0 Å². The van der Waals surface area contributed by atoms with Crippen molar-refractivity contribution in [3.8, 4) is 0 Å². The third-order valence-electron chi connectivity index (χ3n) is 4.66. The fraction of sp³-hybridized carbons (Fsp3) is 0.0952. The summed E-state index contributed by atoms with van der Waals surface area (Å²) in [4.78, 5) is 0.127. The van der Waals surface area contributed by atoms with E-state index in [4.69, 9.17) is 34.8 Å². The predicted octanol–water partition coefficient (Wildman–Crippen LogP) is 6.19. The van der Waals surface area contributed by atoms with Gasteiger partial charge in [0.1, 0.15) is 0 Å². The maximum Gasteiger partial charge on any atom is 0.279 e. The number of hydrogen-bond donors (Lipinski definition) is 0. The highest BCUT2D eigenvalue weighted by Gasteiger charge is 2.37. The zero-order valence-corrected chi connectivity index (χ0v) is 18.1. The normalized spacial score (nSPS) is 16.7. The van der Waals surface area contributed by atoms with Crippen LogP contribution in [0.4, 0.5) is 0 Å². The molecule has 1 atom stereocenters. The Hall–Kier alpha value is -2.05. The first kappa shape index (κ1) is 20.2. The smallest absolute Gasteiger partial charge is 0.200 e. The van der Waals surface area contributed by atoms with Gasteiger partial charge in [-0.05, 0) is 59.7 Å². The van der Waals surface area contributed by atoms with E-state index in [0.717, 1.165) is 11.1 Å². The monoisotopic (exact) mass is 464 g/mol. The summed E-state index contributed by atoms with van der Waals surface area (Å²) >= 11 is 17.9. The minimum absolute atomic E-state index is 0.127. The molecular weight excluding hydrogens is 451 g/mol. The summed E-state index contributed by atoms with van der Waals surface area (Å²) in [6, 6.07) is 19.9. The minimum atomic E-state index is -3.88. The van der Waals surface area contributed by atoms with Crippen molar-refractivity contribution in [1.29, 1.82) is 0 Å². The fourth-order valence-electron chi connectivity index (χ4n) is 3.17. The average molecular weight is 466 g/mol. The maximum atomic E-state index is 13.4. The second kappa shape index (κ2) is 8.00. The molecule has 1 unspecified atom stereocenters. The van der Waals surface area contributed by atoms with E-state index in [1.165, 1.54) is 16.5 Å². The van der Waals surface area contributed by atoms with Gasteiger partial charge in [0.25, 0.3) is 10.0 Å². The zero-order valence-electron chi connectivity index (χ0n) is 15.0. The quantitative estimate of drug-likeness (QED) is 0.461. The Labute approximate surface area is 184 Å². The molecule has 0 fully saturated rings. The summed E-state index contributed by atoms with van der Waals surface area (Å²) in [5.74, 6) is 0. The van der Waals surface area contributed by atoms with Crippen molar-refractivity contribution in [3.63, 3.8) is 0 Å². The van der Waals surface area contributed by atoms with E-state index in [1.54, 1.807) is 36.4 Å². The van der Waals surface area contributed by atoms with Crippen molar-refractivity contribution < 1.29 is 8.42 Å². The van der Waals surface area contributed by atoms with Gasteiger partial charge in [-0.15, -0.1) is 0 Å². The second-order valence-electron chi connectivity index (χ2n) is 6.56. The Morgan fingerprint density at radius 2 is 1.24 bits per heavy atom. The molecule has 4 nitrogen and oxygen atoms in total. The zero-order chi connectivity index (χ0) is 20.6. The topological polar surface area (TPSA) is 49.7 Å². The van der Waals surface area contributed by atoms with Crippen LogP contribution in [0.2, 0.25) is 15.1 Å². The van der Waals surface area contributed by atoms with Gasteiger partial charge < -0.3 is 0 Å². The maximum absolute atomic E-state index is 13.4. The number of sulfonamides is 1. The van der Waals surface area contributed by atoms with Crippen molar-refractivity contribution in [2.45, 2.75) is 17.4 Å². The van der Waals surface area contributed by atoms with Gasteiger partial charge in [-0.25, -0.2) is 0 Å². The summed E-state index contributed by atoms with van der Waals surface area (Å²) < 4.78 is 27.9. The van der Waals surface area contributed by atoms with Gasteiger partial charge in [0.15, 0.2) is 0 Å². The molecule has 1 heterocycles. The van der Waals surface area contributed by atoms with Crippen LogP contribution in [0.1, 0.15) is 23.6 Å². The summed E-state index contributed by atoms with van der Waals surface area (Å²) in [6.07, 6.45) is 0.427. The highest BCUT2D eigenvalue weighted by molar-refractivity contribution is 7.89. The molecule has 0 saturated heterocycles. The number of benzene rings is 3. The highest BCUT2D eigenvalue weighted by Crippen LogP contribution is 2.37. The van der Waals surface area contributed by atoms with Gasteiger partial charge in [0.2, 0.25) is 0 Å². The summed E-state index contributed by atoms with van der Waals surface area (Å²) in [5.41, 5.74) is 2.29. The number of hydrogen-bond acceptors (Lipinski definition) is 3. The molecule has 0 radical (unpaired) electrons. The van der Waals surface area contributed by atoms with E-state index in [0.29, 0.717) is 27.2 Å². The Kier molecular flexibility index (Phi) is 5.58. The van der Waals surface area contributed by atoms with Gasteiger partial charge in [0.05, 0.1) is 16.6 Å². The predicted molar refractivity (Wildman–Crippen MR) is 117 cm³/mol. The van der Waals surface area contributed by atoms with Crippen molar-refractivity contribution >= 4 is 50.5 Å². The summed E-state index contributed by atoms with van der Waals surface area (Å²) in [7, 11) is -3.88. The van der Waals surface area contributed by atoms with Crippen LogP contribution < -0.4 is 0 Å². The Morgan fingerprint density at radius 3 is 1.79 bits per heavy atom. The Balaban J connectivity index is 1.79. The van der Waals surface area contributed by atoms with Crippen LogP contribution >= 0.6 is 34.8 Å². The van der Waals surface area contributed by atoms with Crippen LogP contribution in [-0.2, 0) is 10.0 Å². The lowest BCUT2D eigenvalue weighted by atomic mass is 9.99. The molecule has 148 valence electrons. The molecule has 0 bridgehead atoms. The molecule has 3 aromatic rings. The van der Waals surface area contributed by atoms with Gasteiger partial charge in [0, 0.05) is 21.5 Å². The van der Waals surface area contributed by atoms with E-state index in [9.17, 15) is 8.42 Å². The van der Waals surface area contributed by atoms with Crippen molar-refractivity contribution in [1.82, 2.24) is 4.41 Å². The number of halogens is 3. The van der Waals surface area contributed by atoms with E-state index in [1.807, 2.05) is 24.3 Å². The summed E-state index contributed by atoms with van der Waals surface area (Å²) in [6.45, 7) is 0. The molecule has 0 aromatic heterocycles. The highest BCUT2D eigenvalue weighted by atomic mass is 35.5. The molecule has 0 amide bonds. The first-order chi connectivity index (χ1) is 13.8. The van der Waals surface area contributed by atoms with Crippen molar-refractivity contribution in [2.75, 3.05) is 0 Å². The van der Waals surface area contributed by atoms with Crippen LogP contribution in [0.15, 0.2) is 82.8 Å². The van der Waals surface area contributed by atoms with Crippen molar-refractivity contribution in [3.05, 3.63) is 99.0 Å². The Morgan fingerprint density at radius 1 is 0.759 bits per heavy atom. The summed E-state index contributed by atoms with van der Waals surface area (Å²) in [5, 5.41) is 6.14. The molecular formula is C21H15Cl3N2O2S. The average Bonchev–Trinajstić information content (AvgIpc) is 3.16. The third kappa shape index (κ3) is 4.14. The van der Waals surface area contributed by atoms with Gasteiger partial charge in [-0.3, -0.25) is 0 Å². The Bertz CT molecular complexity index is 1160. The number of hydrazone groups is 1. The molecule has 4 rings (SSSR count). The molecule has 0 spiro atoms. The molecule has 1 aliphatic rings. The van der Waals surface area contributed by atoms with Crippen LogP contribution in [0.25, 0.3) is 0 Å². The van der Waals surface area contributed by atoms with Crippen LogP contribution in [0.3, 0.4) is 0 Å². The molecule has 8 heteroatoms. The lowest BCUT2D eigenvalue weighted by Crippen LogP contribution is -2.27. The fourth-order valence-corrected chi connectivity index (χ4v) is 4.99. The molecule has 3 aromatic carbocycles. The van der Waals surface area contributed by atoms with E-state index >= 15 is 0 Å². The standard InChI is InChI=1S/C21H15Cl3N2O2S/c22-16-5-1-14(2-6-16)20-13-21(15-3-7-17(23)8-4-15)26(25-20)29(27,28)19-11-9-18(24)10-12-19/h1-12,21H,13H2. The lowest BCUT2D eigenvalue weighted by Gasteiger charge is -2.23. The van der Waals surface area contributed by atoms with Gasteiger partial charge in [-0.1, -0.05) is 59.1 Å². The largest absolute Gasteiger partial charge is 0.279 e. The molecule has 29 heavy (non-hydrogen) atoms. The van der Waals surface area contributed by atoms with Crippen LogP contribution in [-0.4, -0.2) is 18.5 Å². The van der Waals surface area contributed by atoms with E-state index in [2.05, 4.69) is 5.10 Å². The molecule has 0 saturated carbocycles. The third-order valence-corrected chi connectivity index (χ3v) is 7.12. The lowest BCUT2D eigenvalue weighted by molar-refractivity contribution is 0.371. The molecule has 0 N–H and O–H groups in total. The van der Waals surface area contributed by atoms with Crippen LogP contribution in [0.5, 0.6) is 0 Å². The first-order valence-corrected chi connectivity index (χ1v) is 11.3. The first-order valence-electron chi connectivity index (χ1n) is 8.73. The van der Waals surface area contributed by atoms with E-state index < -0.39 is 16.1 Å². The van der Waals surface area contributed by atoms with E-state index in [-0.39, 0.29) is 4.90 Å². The van der Waals surface area contributed by atoms with Gasteiger partial charge in [-0.2, -0.15) is 17.9 Å². The molecule has 1 aliphatic heterocycles. The number of nitrogens with zero attached hydrogens (tertiary/aromatic N) is 2. The SMILES string of the molecule is O=S(=O)(c1ccc(Cl)cc1)N1N=C(c2ccc(Cl)cc2)CC1c1ccc(Cl)cc1. The molecule has 0 aliphatic carbocycles. The van der Waals surface area contributed by atoms with Crippen molar-refractivity contribution in [2.24, 2.45) is 5.10 Å². The number of rotatable bonds is 4. The second-order valence-corrected chi connectivity index (χ2v) is 9.66. The minimum Gasteiger partial charge on any atom is -0.200 e. The van der Waals surface area contributed by atoms with Gasteiger partial charge >= 0.3 is 0 Å².